The number of hydrogen-bond acceptors (Lipinski definition) is 6. The van der Waals surface area contributed by atoms with Gasteiger partial charge in [0.2, 0.25) is 0 Å². The van der Waals surface area contributed by atoms with E-state index in [4.69, 9.17) is 14.2 Å². The number of esters is 2. The highest BCUT2D eigenvalue weighted by Gasteiger charge is 2.39. The fourth-order valence-electron chi connectivity index (χ4n) is 3.11. The van der Waals surface area contributed by atoms with Gasteiger partial charge in [-0.1, -0.05) is 24.3 Å². The van der Waals surface area contributed by atoms with Gasteiger partial charge in [0.15, 0.2) is 5.69 Å². The third-order valence-electron chi connectivity index (χ3n) is 4.44. The number of hydrogen-bond donors (Lipinski definition) is 0. The Balaban J connectivity index is 2.49. The van der Waals surface area contributed by atoms with Gasteiger partial charge in [0, 0.05) is 0 Å². The van der Waals surface area contributed by atoms with E-state index in [1.807, 2.05) is 0 Å². The Hall–Kier alpha value is -3.82. The molecule has 0 saturated carbocycles. The topological polar surface area (TPSA) is 79.7 Å². The lowest BCUT2D eigenvalue weighted by Gasteiger charge is -2.15. The van der Waals surface area contributed by atoms with Gasteiger partial charge in [-0.05, 0) is 24.3 Å². The molecule has 0 fully saturated rings. The lowest BCUT2D eigenvalue weighted by atomic mass is 9.98. The van der Waals surface area contributed by atoms with E-state index < -0.39 is 40.5 Å². The second-order valence-electron chi connectivity index (χ2n) is 6.18. The Morgan fingerprint density at radius 1 is 0.903 bits per heavy atom. The molecule has 1 heterocycles. The molecular formula is C21H17F3N2O5. The highest BCUT2D eigenvalue weighted by atomic mass is 19.4. The molecule has 0 amide bonds. The molecule has 31 heavy (non-hydrogen) atoms. The summed E-state index contributed by atoms with van der Waals surface area (Å²) in [6, 6.07) is 11.4. The number of benzene rings is 2. The summed E-state index contributed by atoms with van der Waals surface area (Å²) >= 11 is 0. The van der Waals surface area contributed by atoms with Crippen LogP contribution in [0.1, 0.15) is 26.4 Å². The van der Waals surface area contributed by atoms with Crippen molar-refractivity contribution < 1.29 is 37.0 Å². The van der Waals surface area contributed by atoms with Crippen LogP contribution in [-0.2, 0) is 15.7 Å². The molecule has 0 spiro atoms. The Kier molecular flexibility index (Phi) is 6.00. The zero-order valence-corrected chi connectivity index (χ0v) is 16.7. The van der Waals surface area contributed by atoms with Crippen LogP contribution in [-0.4, -0.2) is 43.0 Å². The first-order valence-electron chi connectivity index (χ1n) is 8.84. The largest absolute Gasteiger partial charge is 0.496 e. The number of nitrogens with zero attached hydrogens (tertiary/aromatic N) is 2. The number of aromatic nitrogens is 2. The van der Waals surface area contributed by atoms with Crippen LogP contribution in [0.2, 0.25) is 0 Å². The minimum absolute atomic E-state index is 0.186. The standard InChI is InChI=1S/C21H17F3N2O5/c1-29-14-11-7-10-13(21(22,23)24)15(14)17-16(19(27)30-2)18(20(28)31-3)26(25-17)12-8-5-4-6-9-12/h4-11H,1-3H3. The lowest BCUT2D eigenvalue weighted by molar-refractivity contribution is -0.137. The first-order chi connectivity index (χ1) is 14.7. The van der Waals surface area contributed by atoms with Gasteiger partial charge < -0.3 is 14.2 Å². The predicted molar refractivity (Wildman–Crippen MR) is 103 cm³/mol. The van der Waals surface area contributed by atoms with Gasteiger partial charge in [-0.3, -0.25) is 0 Å². The van der Waals surface area contributed by atoms with Crippen LogP contribution in [0.25, 0.3) is 16.9 Å². The molecule has 0 bridgehead atoms. The van der Waals surface area contributed by atoms with Crippen molar-refractivity contribution in [1.82, 2.24) is 9.78 Å². The summed E-state index contributed by atoms with van der Waals surface area (Å²) in [6.45, 7) is 0. The van der Waals surface area contributed by atoms with Crippen molar-refractivity contribution in [2.45, 2.75) is 6.18 Å². The molecule has 0 N–H and O–H groups in total. The fourth-order valence-corrected chi connectivity index (χ4v) is 3.11. The van der Waals surface area contributed by atoms with E-state index in [-0.39, 0.29) is 11.4 Å². The van der Waals surface area contributed by atoms with Gasteiger partial charge in [0.05, 0.1) is 38.1 Å². The molecule has 1 aromatic heterocycles. The summed E-state index contributed by atoms with van der Waals surface area (Å²) in [6.07, 6.45) is -4.79. The van der Waals surface area contributed by atoms with Crippen molar-refractivity contribution in [3.05, 3.63) is 65.4 Å². The third kappa shape index (κ3) is 3.96. The molecular weight excluding hydrogens is 417 g/mol. The van der Waals surface area contributed by atoms with Crippen molar-refractivity contribution in [2.75, 3.05) is 21.3 Å². The SMILES string of the molecule is COC(=O)c1c(-c2c(OC)cccc2C(F)(F)F)nn(-c2ccccc2)c1C(=O)OC. The molecule has 3 aromatic rings. The maximum Gasteiger partial charge on any atom is 0.417 e. The quantitative estimate of drug-likeness (QED) is 0.562. The molecule has 0 aliphatic rings. The van der Waals surface area contributed by atoms with Gasteiger partial charge >= 0.3 is 18.1 Å². The average molecular weight is 434 g/mol. The van der Waals surface area contributed by atoms with Crippen LogP contribution in [0, 0.1) is 0 Å². The smallest absolute Gasteiger partial charge is 0.417 e. The van der Waals surface area contributed by atoms with Gasteiger partial charge in [-0.15, -0.1) is 0 Å². The summed E-state index contributed by atoms with van der Waals surface area (Å²) in [4.78, 5) is 25.2. The van der Waals surface area contributed by atoms with Crippen LogP contribution >= 0.6 is 0 Å². The Morgan fingerprint density at radius 2 is 1.55 bits per heavy atom. The highest BCUT2D eigenvalue weighted by Crippen LogP contribution is 2.43. The predicted octanol–water partition coefficient (Wildman–Crippen LogP) is 4.14. The van der Waals surface area contributed by atoms with Crippen LogP contribution in [0.4, 0.5) is 13.2 Å². The molecule has 2 aromatic carbocycles. The minimum Gasteiger partial charge on any atom is -0.496 e. The first kappa shape index (κ1) is 21.9. The second kappa shape index (κ2) is 8.50. The summed E-state index contributed by atoms with van der Waals surface area (Å²) in [5.74, 6) is -2.22. The number of halogens is 3. The van der Waals surface area contributed by atoms with Gasteiger partial charge in [0.1, 0.15) is 17.0 Å². The van der Waals surface area contributed by atoms with E-state index in [2.05, 4.69) is 5.10 Å². The molecule has 0 aliphatic carbocycles. The summed E-state index contributed by atoms with van der Waals surface area (Å²) in [5.41, 5.74) is -2.56. The van der Waals surface area contributed by atoms with Crippen LogP contribution in [0.15, 0.2) is 48.5 Å². The van der Waals surface area contributed by atoms with Crippen molar-refractivity contribution in [2.24, 2.45) is 0 Å². The van der Waals surface area contributed by atoms with Crippen molar-refractivity contribution in [3.63, 3.8) is 0 Å². The van der Waals surface area contributed by atoms with Gasteiger partial charge in [-0.2, -0.15) is 18.3 Å². The van der Waals surface area contributed by atoms with E-state index >= 15 is 0 Å². The van der Waals surface area contributed by atoms with Crippen LogP contribution < -0.4 is 4.74 Å². The van der Waals surface area contributed by atoms with Gasteiger partial charge in [-0.25, -0.2) is 14.3 Å². The normalized spacial score (nSPS) is 11.2. The monoisotopic (exact) mass is 434 g/mol. The number of carbonyl (C=O) groups excluding carboxylic acids is 2. The van der Waals surface area contributed by atoms with Crippen molar-refractivity contribution in [3.8, 4) is 22.7 Å². The first-order valence-corrected chi connectivity index (χ1v) is 8.84. The van der Waals surface area contributed by atoms with E-state index in [0.717, 1.165) is 25.0 Å². The summed E-state index contributed by atoms with van der Waals surface area (Å²) in [5, 5.41) is 4.21. The molecule has 0 radical (unpaired) electrons. The van der Waals surface area contributed by atoms with Crippen molar-refractivity contribution >= 4 is 11.9 Å². The average Bonchev–Trinajstić information content (AvgIpc) is 3.17. The lowest BCUT2D eigenvalue weighted by Crippen LogP contribution is -2.15. The van der Waals surface area contributed by atoms with E-state index in [1.54, 1.807) is 30.3 Å². The molecule has 162 valence electrons. The number of ether oxygens (including phenoxy) is 3. The number of para-hydroxylation sites is 1. The van der Waals surface area contributed by atoms with E-state index in [1.165, 1.54) is 19.2 Å². The molecule has 10 heteroatoms. The summed E-state index contributed by atoms with van der Waals surface area (Å²) < 4.78 is 57.2. The van der Waals surface area contributed by atoms with Crippen LogP contribution in [0.3, 0.4) is 0 Å². The number of carbonyl (C=O) groups is 2. The number of alkyl halides is 3. The third-order valence-corrected chi connectivity index (χ3v) is 4.44. The molecule has 0 unspecified atom stereocenters. The summed E-state index contributed by atoms with van der Waals surface area (Å²) in [7, 11) is 3.31. The van der Waals surface area contributed by atoms with E-state index in [0.29, 0.717) is 5.69 Å². The van der Waals surface area contributed by atoms with Crippen LogP contribution in [0.5, 0.6) is 5.75 Å². The maximum atomic E-state index is 13.8. The Morgan fingerprint density at radius 3 is 2.10 bits per heavy atom. The number of methoxy groups -OCH3 is 3. The minimum atomic E-state index is -4.79. The van der Waals surface area contributed by atoms with E-state index in [9.17, 15) is 22.8 Å². The second-order valence-corrected chi connectivity index (χ2v) is 6.18. The molecule has 7 nitrogen and oxygen atoms in total. The molecule has 0 aliphatic heterocycles. The molecule has 3 rings (SSSR count). The highest BCUT2D eigenvalue weighted by molar-refractivity contribution is 6.07. The zero-order valence-electron chi connectivity index (χ0n) is 16.7. The maximum absolute atomic E-state index is 13.8. The number of rotatable bonds is 5. The zero-order chi connectivity index (χ0) is 22.8. The fraction of sp³-hybridized carbons (Fsp3) is 0.190. The van der Waals surface area contributed by atoms with Crippen molar-refractivity contribution in [1.29, 1.82) is 0 Å². The Labute approximate surface area is 175 Å². The molecule has 0 atom stereocenters. The molecule has 0 saturated heterocycles. The van der Waals surface area contributed by atoms with Gasteiger partial charge in [0.25, 0.3) is 0 Å². The Bertz CT molecular complexity index is 1120.